The van der Waals surface area contributed by atoms with E-state index in [0.29, 0.717) is 37.2 Å². The molecule has 0 aromatic heterocycles. The van der Waals surface area contributed by atoms with Crippen molar-refractivity contribution in [1.82, 2.24) is 20.9 Å². The maximum Gasteiger partial charge on any atom is 0.312 e. The Bertz CT molecular complexity index is 1200. The van der Waals surface area contributed by atoms with Crippen LogP contribution in [0.2, 0.25) is 0 Å². The van der Waals surface area contributed by atoms with Crippen LogP contribution in [0.25, 0.3) is 0 Å². The second-order valence-corrected chi connectivity index (χ2v) is 13.7. The van der Waals surface area contributed by atoms with Crippen molar-refractivity contribution in [2.45, 2.75) is 96.3 Å². The van der Waals surface area contributed by atoms with Crippen LogP contribution in [0.1, 0.15) is 78.7 Å². The molecular formula is C33H53BN6O8S. The highest BCUT2D eigenvalue weighted by molar-refractivity contribution is 8.01. The van der Waals surface area contributed by atoms with Crippen LogP contribution in [-0.4, -0.2) is 97.8 Å². The van der Waals surface area contributed by atoms with Crippen LogP contribution < -0.4 is 27.0 Å². The summed E-state index contributed by atoms with van der Waals surface area (Å²) in [5, 5.41) is 10.3. The Kier molecular flexibility index (Phi) is 23.7. The molecule has 0 saturated heterocycles. The summed E-state index contributed by atoms with van der Waals surface area (Å²) in [5.74, 6) is -2.33. The molecule has 6 amide bonds. The van der Waals surface area contributed by atoms with Crippen LogP contribution in [0.5, 0.6) is 0 Å². The summed E-state index contributed by atoms with van der Waals surface area (Å²) in [5.41, 5.74) is 5.92. The number of carbonyl (C=O) groups excluding carboxylic acids is 7. The number of hydrogen-bond acceptors (Lipinski definition) is 9. The molecule has 14 nitrogen and oxygen atoms in total. The second-order valence-electron chi connectivity index (χ2n) is 11.8. The van der Waals surface area contributed by atoms with E-state index >= 15 is 0 Å². The highest BCUT2D eigenvalue weighted by Crippen LogP contribution is 2.19. The summed E-state index contributed by atoms with van der Waals surface area (Å²) >= 11 is 1.47. The fraction of sp³-hybridized carbons (Fsp3) is 0.606. The van der Waals surface area contributed by atoms with Crippen LogP contribution in [0.3, 0.4) is 0 Å². The Morgan fingerprint density at radius 1 is 0.980 bits per heavy atom. The lowest BCUT2D eigenvalue weighted by atomic mass is 10.0. The molecule has 0 fully saturated rings. The second kappa shape index (κ2) is 25.9. The Morgan fingerprint density at radius 3 is 2.14 bits per heavy atom. The molecule has 0 aliphatic rings. The van der Waals surface area contributed by atoms with E-state index in [-0.39, 0.29) is 54.2 Å². The van der Waals surface area contributed by atoms with Gasteiger partial charge in [0.2, 0.25) is 37.3 Å². The minimum atomic E-state index is -0.880. The van der Waals surface area contributed by atoms with Crippen molar-refractivity contribution in [3.8, 4) is 0 Å². The van der Waals surface area contributed by atoms with E-state index in [9.17, 15) is 33.6 Å². The smallest absolute Gasteiger partial charge is 0.312 e. The van der Waals surface area contributed by atoms with Gasteiger partial charge in [0.25, 0.3) is 0 Å². The number of amides is 6. The number of nitrogens with two attached hydrogens (primary N) is 1. The van der Waals surface area contributed by atoms with Gasteiger partial charge in [-0.15, -0.1) is 11.8 Å². The minimum absolute atomic E-state index is 0.0160. The molecule has 6 N–H and O–H groups in total. The number of unbranched alkanes of at least 4 members (excludes halogenated alkanes) is 2. The number of nitrogens with one attached hydrogen (secondary N) is 4. The molecule has 1 rings (SSSR count). The third-order valence-electron chi connectivity index (χ3n) is 6.65. The monoisotopic (exact) mass is 704 g/mol. The van der Waals surface area contributed by atoms with E-state index in [1.165, 1.54) is 11.8 Å². The van der Waals surface area contributed by atoms with Crippen LogP contribution in [0.15, 0.2) is 24.3 Å². The molecule has 16 heteroatoms. The zero-order valence-electron chi connectivity index (χ0n) is 29.5. The van der Waals surface area contributed by atoms with Gasteiger partial charge in [-0.3, -0.25) is 24.0 Å². The van der Waals surface area contributed by atoms with Crippen molar-refractivity contribution in [3.05, 3.63) is 29.8 Å². The molecule has 0 aliphatic carbocycles. The molecule has 0 bridgehead atoms. The zero-order chi connectivity index (χ0) is 37.4. The third kappa shape index (κ3) is 23.0. The molecular weight excluding hydrogens is 651 g/mol. The van der Waals surface area contributed by atoms with Gasteiger partial charge in [-0.05, 0) is 48.1 Å². The van der Waals surface area contributed by atoms with Crippen molar-refractivity contribution >= 4 is 67.1 Å². The fourth-order valence-electron chi connectivity index (χ4n) is 4.09. The number of ether oxygens (including phenoxy) is 1. The maximum absolute atomic E-state index is 12.7. The van der Waals surface area contributed by atoms with E-state index in [1.807, 2.05) is 20.8 Å². The van der Waals surface area contributed by atoms with E-state index in [0.717, 1.165) is 19.1 Å². The van der Waals surface area contributed by atoms with Crippen LogP contribution in [0, 0.1) is 5.92 Å². The Morgan fingerprint density at radius 2 is 1.63 bits per heavy atom. The van der Waals surface area contributed by atoms with Gasteiger partial charge < -0.3 is 41.4 Å². The average molecular weight is 705 g/mol. The van der Waals surface area contributed by atoms with Gasteiger partial charge in [0.1, 0.15) is 18.9 Å². The van der Waals surface area contributed by atoms with Gasteiger partial charge in [-0.2, -0.15) is 0 Å². The molecule has 1 aromatic carbocycles. The molecule has 0 heterocycles. The number of rotatable bonds is 21. The van der Waals surface area contributed by atoms with Gasteiger partial charge in [-0.1, -0.05) is 53.2 Å². The van der Waals surface area contributed by atoms with Gasteiger partial charge in [0.05, 0.1) is 11.8 Å². The number of nitrogens with zero attached hydrogens (tertiary/aromatic N) is 1. The molecule has 49 heavy (non-hydrogen) atoms. The Hall–Kier alpha value is -4.08. The Balaban J connectivity index is 0.00000295. The number of carbonyl (C=O) groups is 7. The van der Waals surface area contributed by atoms with E-state index in [2.05, 4.69) is 21.3 Å². The van der Waals surface area contributed by atoms with Crippen LogP contribution in [0.4, 0.5) is 15.3 Å². The number of primary amides is 1. The molecule has 0 aliphatic heterocycles. The van der Waals surface area contributed by atoms with Gasteiger partial charge in [0, 0.05) is 38.7 Å². The molecule has 0 saturated carbocycles. The predicted molar refractivity (Wildman–Crippen MR) is 192 cm³/mol. The largest absolute Gasteiger partial charge is 0.470 e. The van der Waals surface area contributed by atoms with Gasteiger partial charge in [0.15, 0.2) is 0 Å². The van der Waals surface area contributed by atoms with Crippen molar-refractivity contribution in [2.24, 2.45) is 11.7 Å². The Labute approximate surface area is 295 Å². The number of aldehydes is 1. The summed E-state index contributed by atoms with van der Waals surface area (Å²) in [6.45, 7) is 10.5. The minimum Gasteiger partial charge on any atom is -0.470 e. The molecule has 0 spiro atoms. The number of urea groups is 1. The third-order valence-corrected chi connectivity index (χ3v) is 7.83. The molecule has 272 valence electrons. The maximum atomic E-state index is 12.7. The number of thioether (sulfide) groups is 1. The van der Waals surface area contributed by atoms with Crippen LogP contribution >= 0.6 is 11.8 Å². The summed E-state index contributed by atoms with van der Waals surface area (Å²) in [7, 11) is 6.65. The lowest BCUT2D eigenvalue weighted by molar-refractivity contribution is -0.131. The van der Waals surface area contributed by atoms with Gasteiger partial charge in [-0.25, -0.2) is 4.79 Å². The zero-order valence-corrected chi connectivity index (χ0v) is 30.4. The molecule has 2 atom stereocenters. The van der Waals surface area contributed by atoms with E-state index in [4.69, 9.17) is 18.3 Å². The number of anilines is 1. The summed E-state index contributed by atoms with van der Waals surface area (Å²) in [6, 6.07) is 5.34. The highest BCUT2D eigenvalue weighted by atomic mass is 32.2. The van der Waals surface area contributed by atoms with Crippen molar-refractivity contribution in [1.29, 1.82) is 0 Å². The van der Waals surface area contributed by atoms with Crippen molar-refractivity contribution in [3.63, 3.8) is 0 Å². The standard InChI is InChI=1S/C29H43BN4O7S.C4H10N2O/c1-19(2)27(28(39)31-16-25(37)32-22-12-10-21(11-13-22)18-41-29(30)40)33-24(36)9-7-6-8-14-34(5)26(38)15-23(17-35)42-20(3)4;1-2-3-6-4(5)7/h10-13,17,19-20,23,27H,6-9,14-16,18H2,1-5H3,(H,31,39)(H,32,37)(H,33,36);2-3H2,1H3,(H3,5,6,7). The number of benzene rings is 1. The molecule has 1 aromatic rings. The van der Waals surface area contributed by atoms with Crippen molar-refractivity contribution < 1.29 is 38.3 Å². The SMILES string of the molecule is CCCNC(N)=O.[B]C(=O)OCc1ccc(NC(=O)CNC(=O)C(NC(=O)CCCCCN(C)C(=O)CC(C=O)SC(C)C)C(C)C)cc1. The first-order valence-corrected chi connectivity index (χ1v) is 17.3. The fourth-order valence-corrected chi connectivity index (χ4v) is 5.09. The van der Waals surface area contributed by atoms with Crippen LogP contribution in [-0.2, 0) is 35.3 Å². The summed E-state index contributed by atoms with van der Waals surface area (Å²) in [4.78, 5) is 83.2. The lowest BCUT2D eigenvalue weighted by Gasteiger charge is -2.22. The topological polar surface area (TPSA) is 206 Å². The summed E-state index contributed by atoms with van der Waals surface area (Å²) < 4.78 is 4.71. The van der Waals surface area contributed by atoms with Gasteiger partial charge >= 0.3 is 6.03 Å². The normalized spacial score (nSPS) is 11.7. The first-order valence-electron chi connectivity index (χ1n) is 16.4. The average Bonchev–Trinajstić information content (AvgIpc) is 3.04. The van der Waals surface area contributed by atoms with Crippen molar-refractivity contribution in [2.75, 3.05) is 32.0 Å². The first-order chi connectivity index (χ1) is 23.1. The first kappa shape index (κ1) is 44.9. The van der Waals surface area contributed by atoms with E-state index < -0.39 is 29.8 Å². The lowest BCUT2D eigenvalue weighted by Crippen LogP contribution is -2.51. The van der Waals surface area contributed by atoms with E-state index in [1.54, 1.807) is 50.1 Å². The highest BCUT2D eigenvalue weighted by Gasteiger charge is 2.24. The summed E-state index contributed by atoms with van der Waals surface area (Å²) in [6.07, 6.45) is 4.19. The predicted octanol–water partition coefficient (Wildman–Crippen LogP) is 2.87. The molecule has 2 unspecified atom stereocenters. The molecule has 2 radical (unpaired) electrons. The number of hydrogen-bond donors (Lipinski definition) is 5. The quantitative estimate of drug-likeness (QED) is 0.0724.